The highest BCUT2D eigenvalue weighted by Gasteiger charge is 2.23. The van der Waals surface area contributed by atoms with Crippen molar-refractivity contribution in [2.75, 3.05) is 64.8 Å². The molecule has 6 rings (SSSR count). The van der Waals surface area contributed by atoms with E-state index in [0.29, 0.717) is 17.9 Å². The summed E-state index contributed by atoms with van der Waals surface area (Å²) in [6.07, 6.45) is 5.60. The van der Waals surface area contributed by atoms with Gasteiger partial charge in [0, 0.05) is 43.9 Å². The summed E-state index contributed by atoms with van der Waals surface area (Å²) in [7, 11) is 2.16. The number of phenolic OH excluding ortho intramolecular Hbond substituents is 1. The maximum atomic E-state index is 11.8. The maximum absolute atomic E-state index is 11.8. The number of aromatic hydroxyl groups is 1. The zero-order valence-corrected chi connectivity index (χ0v) is 28.9. The summed E-state index contributed by atoms with van der Waals surface area (Å²) < 4.78 is 12.1. The molecule has 4 aromatic rings. The van der Waals surface area contributed by atoms with Crippen molar-refractivity contribution in [1.29, 1.82) is 0 Å². The van der Waals surface area contributed by atoms with Crippen molar-refractivity contribution in [3.8, 4) is 28.4 Å². The molecule has 0 radical (unpaired) electrons. The minimum absolute atomic E-state index is 0.00836. The number of nitrogens with one attached hydrogen (secondary N) is 2. The first-order valence-corrected chi connectivity index (χ1v) is 17.7. The number of hydrogen-bond acceptors (Lipinski definition) is 8. The van der Waals surface area contributed by atoms with Gasteiger partial charge < -0.3 is 35.0 Å². The second kappa shape index (κ2) is 17.3. The summed E-state index contributed by atoms with van der Waals surface area (Å²) in [5.41, 5.74) is 6.66. The smallest absolute Gasteiger partial charge is 0.262 e. The molecule has 0 spiro atoms. The molecule has 0 saturated carbocycles. The molecule has 2 aliphatic rings. The Labute approximate surface area is 295 Å². The second-order valence-corrected chi connectivity index (χ2v) is 13.3. The Morgan fingerprint density at radius 2 is 1.72 bits per heavy atom. The summed E-state index contributed by atoms with van der Waals surface area (Å²) in [6.45, 7) is 6.41. The SMILES string of the molecule is CN(CCc1cc(CCNCCc2ccc(O)c3c2OCC(=O)N3)ccc1C=O)CCN1CCC(Oc2ccccc2-c2ccccc2)CC1. The van der Waals surface area contributed by atoms with Crippen LogP contribution in [-0.4, -0.2) is 92.7 Å². The Morgan fingerprint density at radius 3 is 2.54 bits per heavy atom. The van der Waals surface area contributed by atoms with E-state index in [1.165, 1.54) is 11.1 Å². The first-order chi connectivity index (χ1) is 24.5. The quantitative estimate of drug-likeness (QED) is 0.0802. The van der Waals surface area contributed by atoms with Crippen molar-refractivity contribution in [3.63, 3.8) is 0 Å². The van der Waals surface area contributed by atoms with Gasteiger partial charge in [-0.2, -0.15) is 0 Å². The second-order valence-electron chi connectivity index (χ2n) is 13.3. The number of likely N-dealkylation sites (N-methyl/N-ethyl adjacent to an activating group) is 1. The van der Waals surface area contributed by atoms with Gasteiger partial charge in [-0.1, -0.05) is 72.8 Å². The van der Waals surface area contributed by atoms with E-state index in [2.05, 4.69) is 76.0 Å². The van der Waals surface area contributed by atoms with Crippen LogP contribution in [0.4, 0.5) is 5.69 Å². The summed E-state index contributed by atoms with van der Waals surface area (Å²) in [5.74, 6) is 1.24. The average molecular weight is 677 g/mol. The van der Waals surface area contributed by atoms with E-state index in [4.69, 9.17) is 9.47 Å². The molecule has 9 heteroatoms. The highest BCUT2D eigenvalue weighted by Crippen LogP contribution is 2.39. The van der Waals surface area contributed by atoms with Crippen LogP contribution in [0, 0.1) is 0 Å². The van der Waals surface area contributed by atoms with E-state index in [9.17, 15) is 14.7 Å². The van der Waals surface area contributed by atoms with E-state index >= 15 is 0 Å². The zero-order chi connectivity index (χ0) is 34.7. The molecule has 9 nitrogen and oxygen atoms in total. The van der Waals surface area contributed by atoms with Gasteiger partial charge in [0.1, 0.15) is 29.6 Å². The molecule has 1 amide bonds. The van der Waals surface area contributed by atoms with Gasteiger partial charge in [0.05, 0.1) is 0 Å². The molecule has 0 bridgehead atoms. The van der Waals surface area contributed by atoms with E-state index < -0.39 is 0 Å². The highest BCUT2D eigenvalue weighted by atomic mass is 16.5. The Kier molecular flexibility index (Phi) is 12.2. The fourth-order valence-electron chi connectivity index (χ4n) is 6.73. The van der Waals surface area contributed by atoms with Gasteiger partial charge in [-0.25, -0.2) is 0 Å². The van der Waals surface area contributed by atoms with Crippen molar-refractivity contribution < 1.29 is 24.2 Å². The predicted molar refractivity (Wildman–Crippen MR) is 198 cm³/mol. The van der Waals surface area contributed by atoms with Crippen LogP contribution in [0.15, 0.2) is 84.9 Å². The zero-order valence-electron chi connectivity index (χ0n) is 28.9. The summed E-state index contributed by atoms with van der Waals surface area (Å²) >= 11 is 0. The first kappa shape index (κ1) is 35.1. The molecular weight excluding hydrogens is 628 g/mol. The van der Waals surface area contributed by atoms with Gasteiger partial charge >= 0.3 is 0 Å². The number of ether oxygens (including phenoxy) is 2. The molecule has 50 heavy (non-hydrogen) atoms. The number of benzene rings is 4. The lowest BCUT2D eigenvalue weighted by atomic mass is 10.00. The van der Waals surface area contributed by atoms with Crippen LogP contribution in [0.25, 0.3) is 11.1 Å². The number of carbonyl (C=O) groups is 2. The average Bonchev–Trinajstić information content (AvgIpc) is 3.15. The molecule has 0 atom stereocenters. The Morgan fingerprint density at radius 1 is 0.940 bits per heavy atom. The van der Waals surface area contributed by atoms with Crippen molar-refractivity contribution in [3.05, 3.63) is 107 Å². The molecule has 2 heterocycles. The number of hydrogen-bond donors (Lipinski definition) is 3. The van der Waals surface area contributed by atoms with Gasteiger partial charge in [0.25, 0.3) is 5.91 Å². The molecular formula is C41H48N4O5. The fourth-order valence-corrected chi connectivity index (χ4v) is 6.73. The summed E-state index contributed by atoms with van der Waals surface area (Å²) in [6, 6.07) is 28.3. The van der Waals surface area contributed by atoms with Crippen LogP contribution >= 0.6 is 0 Å². The monoisotopic (exact) mass is 676 g/mol. The number of likely N-dealkylation sites (tertiary alicyclic amines) is 1. The fraction of sp³-hybridized carbons (Fsp3) is 0.366. The summed E-state index contributed by atoms with van der Waals surface area (Å²) in [5, 5.41) is 16.3. The standard InChI is InChI=1S/C41H48N4O5/c1-44(25-26-45-23-18-35(19-24-45)50-38-10-6-5-9-36(38)31-7-3-2-4-8-31)22-17-33-27-30(11-12-34(33)28-46)15-20-42-21-16-32-13-14-37(47)40-41(32)49-29-39(48)43-40/h2-14,27-28,35,42,47H,15-26,29H2,1H3,(H,43,48). The van der Waals surface area contributed by atoms with Crippen LogP contribution < -0.4 is 20.1 Å². The molecule has 262 valence electrons. The van der Waals surface area contributed by atoms with Gasteiger partial charge in [0.15, 0.2) is 12.4 Å². The summed E-state index contributed by atoms with van der Waals surface area (Å²) in [4.78, 5) is 28.4. The molecule has 3 N–H and O–H groups in total. The number of anilines is 1. The Bertz CT molecular complexity index is 1740. The number of amides is 1. The van der Waals surface area contributed by atoms with Gasteiger partial charge in [0.2, 0.25) is 0 Å². The lowest BCUT2D eigenvalue weighted by Gasteiger charge is -2.33. The lowest BCUT2D eigenvalue weighted by Crippen LogP contribution is -2.42. The largest absolute Gasteiger partial charge is 0.506 e. The van der Waals surface area contributed by atoms with Crippen LogP contribution in [0.2, 0.25) is 0 Å². The lowest BCUT2D eigenvalue weighted by molar-refractivity contribution is -0.118. The number of piperidine rings is 1. The first-order valence-electron chi connectivity index (χ1n) is 17.7. The van der Waals surface area contributed by atoms with E-state index in [-0.39, 0.29) is 24.4 Å². The predicted octanol–water partition coefficient (Wildman–Crippen LogP) is 5.60. The molecule has 0 unspecified atom stereocenters. The third-order valence-corrected chi connectivity index (χ3v) is 9.69. The van der Waals surface area contributed by atoms with Crippen LogP contribution in [-0.2, 0) is 24.1 Å². The molecule has 0 aromatic heterocycles. The number of fused-ring (bicyclic) bond motifs is 1. The number of phenols is 1. The molecule has 0 aliphatic carbocycles. The molecule has 4 aromatic carbocycles. The van der Waals surface area contributed by atoms with Crippen LogP contribution in [0.1, 0.15) is 39.9 Å². The van der Waals surface area contributed by atoms with Crippen molar-refractivity contribution in [2.24, 2.45) is 0 Å². The number of nitrogens with zero attached hydrogens (tertiary/aromatic N) is 2. The third-order valence-electron chi connectivity index (χ3n) is 9.69. The number of carbonyl (C=O) groups excluding carboxylic acids is 2. The number of rotatable bonds is 16. The topological polar surface area (TPSA) is 103 Å². The number of para-hydroxylation sites is 1. The Balaban J connectivity index is 0.904. The van der Waals surface area contributed by atoms with E-state index in [0.717, 1.165) is 106 Å². The number of aldehydes is 1. The van der Waals surface area contributed by atoms with Crippen LogP contribution in [0.5, 0.6) is 17.2 Å². The van der Waals surface area contributed by atoms with Crippen molar-refractivity contribution >= 4 is 17.9 Å². The van der Waals surface area contributed by atoms with Crippen molar-refractivity contribution in [2.45, 2.75) is 38.2 Å². The van der Waals surface area contributed by atoms with E-state index in [1.54, 1.807) is 6.07 Å². The minimum Gasteiger partial charge on any atom is -0.506 e. The molecule has 1 fully saturated rings. The normalized spacial score (nSPS) is 15.0. The highest BCUT2D eigenvalue weighted by molar-refractivity contribution is 5.97. The minimum atomic E-state index is -0.269. The van der Waals surface area contributed by atoms with Gasteiger partial charge in [-0.3, -0.25) is 9.59 Å². The van der Waals surface area contributed by atoms with Gasteiger partial charge in [-0.15, -0.1) is 0 Å². The maximum Gasteiger partial charge on any atom is 0.262 e. The molecule has 1 saturated heterocycles. The third kappa shape index (κ3) is 9.29. The Hall–Kier alpha value is -4.70. The van der Waals surface area contributed by atoms with E-state index in [1.807, 2.05) is 30.3 Å². The van der Waals surface area contributed by atoms with Crippen molar-refractivity contribution in [1.82, 2.24) is 15.1 Å². The van der Waals surface area contributed by atoms with Crippen LogP contribution in [0.3, 0.4) is 0 Å². The van der Waals surface area contributed by atoms with Gasteiger partial charge in [-0.05, 0) is 86.6 Å². The molecule has 2 aliphatic heterocycles.